The van der Waals surface area contributed by atoms with E-state index in [1.54, 1.807) is 7.11 Å². The van der Waals surface area contributed by atoms with Crippen LogP contribution in [0.25, 0.3) is 11.4 Å². The molecule has 3 aromatic rings. The standard InChI is InChI=1S/C23H26FN5O3S/c1-3-4-13-29-22(16-5-11-19(32-2)12-6-16)27-28-23(29)33-15-21(31)25-14-20(30)26-18-9-7-17(24)8-10-18/h5-12H,3-4,13-15H2,1-2H3,(H,25,31)(H,26,30). The molecule has 0 aliphatic rings. The molecule has 174 valence electrons. The first-order chi connectivity index (χ1) is 16.0. The number of anilines is 1. The summed E-state index contributed by atoms with van der Waals surface area (Å²) in [6.45, 7) is 2.65. The van der Waals surface area contributed by atoms with Crippen molar-refractivity contribution in [1.82, 2.24) is 20.1 Å². The fourth-order valence-electron chi connectivity index (χ4n) is 2.97. The van der Waals surface area contributed by atoms with Crippen molar-refractivity contribution in [2.75, 3.05) is 24.7 Å². The van der Waals surface area contributed by atoms with Crippen LogP contribution in [0.4, 0.5) is 10.1 Å². The van der Waals surface area contributed by atoms with Crippen LogP contribution in [-0.4, -0.2) is 46.0 Å². The van der Waals surface area contributed by atoms with E-state index in [0.29, 0.717) is 10.8 Å². The monoisotopic (exact) mass is 471 g/mol. The SMILES string of the molecule is CCCCn1c(SCC(=O)NCC(=O)Nc2ccc(F)cc2)nnc1-c1ccc(OC)cc1. The van der Waals surface area contributed by atoms with E-state index < -0.39 is 5.91 Å². The first kappa shape index (κ1) is 24.2. The van der Waals surface area contributed by atoms with Crippen LogP contribution in [0, 0.1) is 5.82 Å². The van der Waals surface area contributed by atoms with Gasteiger partial charge in [-0.15, -0.1) is 10.2 Å². The van der Waals surface area contributed by atoms with Crippen LogP contribution in [-0.2, 0) is 16.1 Å². The summed E-state index contributed by atoms with van der Waals surface area (Å²) in [6, 6.07) is 13.0. The first-order valence-corrected chi connectivity index (χ1v) is 11.5. The Morgan fingerprint density at radius 1 is 1.06 bits per heavy atom. The highest BCUT2D eigenvalue weighted by Gasteiger charge is 2.16. The summed E-state index contributed by atoms with van der Waals surface area (Å²) >= 11 is 1.27. The number of halogens is 1. The number of carbonyl (C=O) groups is 2. The van der Waals surface area contributed by atoms with Gasteiger partial charge < -0.3 is 19.9 Å². The van der Waals surface area contributed by atoms with E-state index in [1.165, 1.54) is 36.0 Å². The van der Waals surface area contributed by atoms with E-state index in [2.05, 4.69) is 27.8 Å². The third-order valence-corrected chi connectivity index (χ3v) is 5.67. The van der Waals surface area contributed by atoms with Crippen molar-refractivity contribution in [1.29, 1.82) is 0 Å². The topological polar surface area (TPSA) is 98.1 Å². The van der Waals surface area contributed by atoms with Gasteiger partial charge in [-0.2, -0.15) is 0 Å². The largest absolute Gasteiger partial charge is 0.497 e. The maximum atomic E-state index is 12.9. The predicted octanol–water partition coefficient (Wildman–Crippen LogP) is 3.74. The molecule has 0 saturated heterocycles. The van der Waals surface area contributed by atoms with Crippen molar-refractivity contribution in [3.8, 4) is 17.1 Å². The number of nitrogens with zero attached hydrogens (tertiary/aromatic N) is 3. The molecule has 2 N–H and O–H groups in total. The molecule has 0 radical (unpaired) electrons. The molecular weight excluding hydrogens is 445 g/mol. The number of benzene rings is 2. The predicted molar refractivity (Wildman–Crippen MR) is 126 cm³/mol. The summed E-state index contributed by atoms with van der Waals surface area (Å²) in [7, 11) is 1.62. The summed E-state index contributed by atoms with van der Waals surface area (Å²) < 4.78 is 20.2. The summed E-state index contributed by atoms with van der Waals surface area (Å²) in [5.41, 5.74) is 1.37. The number of amides is 2. The Balaban J connectivity index is 1.56. The normalized spacial score (nSPS) is 10.6. The lowest BCUT2D eigenvalue weighted by atomic mass is 10.2. The van der Waals surface area contributed by atoms with E-state index in [4.69, 9.17) is 4.74 Å². The van der Waals surface area contributed by atoms with Crippen molar-refractivity contribution < 1.29 is 18.7 Å². The molecule has 1 aromatic heterocycles. The number of hydrogen-bond donors (Lipinski definition) is 2. The summed E-state index contributed by atoms with van der Waals surface area (Å²) in [4.78, 5) is 24.3. The summed E-state index contributed by atoms with van der Waals surface area (Å²) in [5.74, 6) is 0.496. The number of thioether (sulfide) groups is 1. The molecule has 0 aliphatic carbocycles. The molecular formula is C23H26FN5O3S. The second-order valence-electron chi connectivity index (χ2n) is 7.16. The quantitative estimate of drug-likeness (QED) is 0.414. The first-order valence-electron chi connectivity index (χ1n) is 10.5. The van der Waals surface area contributed by atoms with E-state index in [0.717, 1.165) is 36.5 Å². The van der Waals surface area contributed by atoms with Gasteiger partial charge >= 0.3 is 0 Å². The van der Waals surface area contributed by atoms with Gasteiger partial charge in [0.2, 0.25) is 11.8 Å². The van der Waals surface area contributed by atoms with Gasteiger partial charge in [0, 0.05) is 17.8 Å². The Hall–Kier alpha value is -3.40. The highest BCUT2D eigenvalue weighted by Crippen LogP contribution is 2.26. The third-order valence-electron chi connectivity index (χ3n) is 4.71. The number of carbonyl (C=O) groups excluding carboxylic acids is 2. The molecule has 0 aliphatic heterocycles. The average molecular weight is 472 g/mol. The van der Waals surface area contributed by atoms with E-state index in [-0.39, 0.29) is 24.0 Å². The molecule has 0 saturated carbocycles. The van der Waals surface area contributed by atoms with Crippen LogP contribution in [0.3, 0.4) is 0 Å². The number of methoxy groups -OCH3 is 1. The van der Waals surface area contributed by atoms with Gasteiger partial charge in [-0.1, -0.05) is 25.1 Å². The molecule has 0 atom stereocenters. The van der Waals surface area contributed by atoms with Gasteiger partial charge in [-0.05, 0) is 55.0 Å². The average Bonchev–Trinajstić information content (AvgIpc) is 3.24. The minimum absolute atomic E-state index is 0.0939. The van der Waals surface area contributed by atoms with Gasteiger partial charge in [0.15, 0.2) is 11.0 Å². The lowest BCUT2D eigenvalue weighted by molar-refractivity contribution is -0.122. The van der Waals surface area contributed by atoms with Gasteiger partial charge in [-0.3, -0.25) is 9.59 Å². The second kappa shape index (κ2) is 12.0. The maximum absolute atomic E-state index is 12.9. The fourth-order valence-corrected chi connectivity index (χ4v) is 3.76. The Bertz CT molecular complexity index is 1070. The van der Waals surface area contributed by atoms with Crippen LogP contribution in [0.2, 0.25) is 0 Å². The zero-order valence-electron chi connectivity index (χ0n) is 18.5. The van der Waals surface area contributed by atoms with Gasteiger partial charge in [0.25, 0.3) is 0 Å². The van der Waals surface area contributed by atoms with Gasteiger partial charge in [0.05, 0.1) is 19.4 Å². The minimum Gasteiger partial charge on any atom is -0.497 e. The molecule has 10 heteroatoms. The molecule has 0 spiro atoms. The van der Waals surface area contributed by atoms with E-state index in [1.807, 2.05) is 28.8 Å². The maximum Gasteiger partial charge on any atom is 0.243 e. The lowest BCUT2D eigenvalue weighted by Crippen LogP contribution is -2.33. The highest BCUT2D eigenvalue weighted by molar-refractivity contribution is 7.99. The summed E-state index contributed by atoms with van der Waals surface area (Å²) in [5, 5.41) is 14.4. The number of hydrogen-bond acceptors (Lipinski definition) is 6. The zero-order valence-corrected chi connectivity index (χ0v) is 19.3. The number of nitrogens with one attached hydrogen (secondary N) is 2. The second-order valence-corrected chi connectivity index (χ2v) is 8.10. The van der Waals surface area contributed by atoms with Crippen molar-refractivity contribution in [2.24, 2.45) is 0 Å². The number of ether oxygens (including phenoxy) is 1. The Morgan fingerprint density at radius 2 is 1.79 bits per heavy atom. The zero-order chi connectivity index (χ0) is 23.6. The van der Waals surface area contributed by atoms with Crippen molar-refractivity contribution in [3.63, 3.8) is 0 Å². The molecule has 2 aromatic carbocycles. The van der Waals surface area contributed by atoms with Crippen molar-refractivity contribution in [3.05, 3.63) is 54.3 Å². The van der Waals surface area contributed by atoms with Gasteiger partial charge in [0.1, 0.15) is 11.6 Å². The number of rotatable bonds is 11. The molecule has 8 nitrogen and oxygen atoms in total. The highest BCUT2D eigenvalue weighted by atomic mass is 32.2. The lowest BCUT2D eigenvalue weighted by Gasteiger charge is -2.10. The Kier molecular flexibility index (Phi) is 8.82. The Labute approximate surface area is 195 Å². The van der Waals surface area contributed by atoms with Crippen molar-refractivity contribution >= 4 is 29.3 Å². The van der Waals surface area contributed by atoms with E-state index in [9.17, 15) is 14.0 Å². The number of aromatic nitrogens is 3. The van der Waals surface area contributed by atoms with Crippen molar-refractivity contribution in [2.45, 2.75) is 31.5 Å². The smallest absolute Gasteiger partial charge is 0.243 e. The van der Waals surface area contributed by atoms with Gasteiger partial charge in [-0.25, -0.2) is 4.39 Å². The number of unbranched alkanes of at least 4 members (excludes halogenated alkanes) is 1. The fraction of sp³-hybridized carbons (Fsp3) is 0.304. The van der Waals surface area contributed by atoms with E-state index >= 15 is 0 Å². The molecule has 33 heavy (non-hydrogen) atoms. The van der Waals surface area contributed by atoms with Crippen LogP contribution in [0.15, 0.2) is 53.7 Å². The molecule has 1 heterocycles. The van der Waals surface area contributed by atoms with Crippen LogP contribution in [0.1, 0.15) is 19.8 Å². The molecule has 0 fully saturated rings. The third kappa shape index (κ3) is 7.04. The molecule has 0 unspecified atom stereocenters. The molecule has 3 rings (SSSR count). The molecule has 2 amide bonds. The Morgan fingerprint density at radius 3 is 2.45 bits per heavy atom. The minimum atomic E-state index is -0.395. The summed E-state index contributed by atoms with van der Waals surface area (Å²) in [6.07, 6.45) is 1.96. The van der Waals surface area contributed by atoms with Crippen LogP contribution >= 0.6 is 11.8 Å². The van der Waals surface area contributed by atoms with Crippen LogP contribution < -0.4 is 15.4 Å². The molecule has 0 bridgehead atoms. The van der Waals surface area contributed by atoms with Crippen LogP contribution in [0.5, 0.6) is 5.75 Å².